The first-order chi connectivity index (χ1) is 13.0. The Hall–Kier alpha value is -3.20. The van der Waals surface area contributed by atoms with Crippen LogP contribution in [-0.4, -0.2) is 39.2 Å². The number of carbonyl (C=O) groups excluding carboxylic acids is 1. The number of aromatic nitrogens is 4. The minimum atomic E-state index is -0.491. The van der Waals surface area contributed by atoms with Crippen LogP contribution in [0.2, 0.25) is 5.02 Å². The molecule has 4 rings (SSSR count). The van der Waals surface area contributed by atoms with Crippen molar-refractivity contribution in [3.63, 3.8) is 0 Å². The number of halogens is 1. The molecule has 0 unspecified atom stereocenters. The van der Waals surface area contributed by atoms with Crippen LogP contribution in [0.5, 0.6) is 0 Å². The van der Waals surface area contributed by atoms with Crippen molar-refractivity contribution in [2.24, 2.45) is 0 Å². The molecule has 0 aliphatic carbocycles. The highest BCUT2D eigenvalue weighted by molar-refractivity contribution is 6.31. The Morgan fingerprint density at radius 3 is 2.89 bits per heavy atom. The van der Waals surface area contributed by atoms with Crippen LogP contribution >= 0.6 is 11.6 Å². The molecular weight excluding hydrogens is 372 g/mol. The minimum absolute atomic E-state index is 0.200. The lowest BCUT2D eigenvalue weighted by atomic mass is 10.1. The molecule has 3 heterocycles. The number of aryl methyl sites for hydroxylation is 1. The largest absolute Gasteiger partial charge is 0.447 e. The van der Waals surface area contributed by atoms with Gasteiger partial charge >= 0.3 is 6.09 Å². The van der Waals surface area contributed by atoms with Crippen molar-refractivity contribution in [1.82, 2.24) is 19.9 Å². The third-order valence-corrected chi connectivity index (χ3v) is 4.29. The maximum absolute atomic E-state index is 12.3. The van der Waals surface area contributed by atoms with Crippen LogP contribution in [0.25, 0.3) is 10.9 Å². The number of amides is 1. The number of nitrogens with one attached hydrogen (secondary N) is 2. The number of cyclic esters (lactones) is 1. The summed E-state index contributed by atoms with van der Waals surface area (Å²) in [6.07, 6.45) is -0.491. The van der Waals surface area contributed by atoms with Crippen molar-refractivity contribution in [1.29, 1.82) is 0 Å². The van der Waals surface area contributed by atoms with Crippen LogP contribution in [0, 0.1) is 6.92 Å². The highest BCUT2D eigenvalue weighted by Crippen LogP contribution is 2.18. The van der Waals surface area contributed by atoms with Crippen LogP contribution in [0.1, 0.15) is 11.4 Å². The van der Waals surface area contributed by atoms with Gasteiger partial charge in [0.05, 0.1) is 6.54 Å². The molecule has 2 N–H and O–H groups in total. The average molecular weight is 387 g/mol. The van der Waals surface area contributed by atoms with Crippen molar-refractivity contribution >= 4 is 40.5 Å². The van der Waals surface area contributed by atoms with Crippen LogP contribution in [0.15, 0.2) is 29.1 Å². The van der Waals surface area contributed by atoms with E-state index in [4.69, 9.17) is 16.3 Å². The molecule has 0 saturated carbocycles. The van der Waals surface area contributed by atoms with Gasteiger partial charge in [-0.25, -0.2) is 9.69 Å². The number of anilines is 2. The van der Waals surface area contributed by atoms with E-state index in [1.165, 1.54) is 4.90 Å². The molecule has 1 fully saturated rings. The average Bonchev–Trinajstić information content (AvgIpc) is 3.06. The molecule has 0 bridgehead atoms. The van der Waals surface area contributed by atoms with E-state index in [0.29, 0.717) is 35.1 Å². The van der Waals surface area contributed by atoms with E-state index < -0.39 is 6.09 Å². The number of hydrogen-bond donors (Lipinski definition) is 2. The summed E-state index contributed by atoms with van der Waals surface area (Å²) in [5.41, 5.74) is 0.996. The van der Waals surface area contributed by atoms with Crippen molar-refractivity contribution in [2.75, 3.05) is 23.4 Å². The zero-order valence-electron chi connectivity index (χ0n) is 14.3. The lowest BCUT2D eigenvalue weighted by Gasteiger charge is -2.12. The number of fused-ring (bicyclic) bond motifs is 1. The van der Waals surface area contributed by atoms with Crippen LogP contribution < -0.4 is 15.8 Å². The maximum Gasteiger partial charge on any atom is 0.416 e. The molecule has 1 aromatic carbocycles. The molecule has 1 aliphatic heterocycles. The number of ether oxygens (including phenoxy) is 1. The smallest absolute Gasteiger partial charge is 0.416 e. The van der Waals surface area contributed by atoms with Gasteiger partial charge in [-0.3, -0.25) is 4.79 Å². The van der Waals surface area contributed by atoms with E-state index in [1.807, 2.05) is 0 Å². The van der Waals surface area contributed by atoms with Gasteiger partial charge < -0.3 is 15.0 Å². The molecule has 0 spiro atoms. The number of benzene rings is 1. The van der Waals surface area contributed by atoms with Gasteiger partial charge in [-0.1, -0.05) is 11.6 Å². The predicted octanol–water partition coefficient (Wildman–Crippen LogP) is 2.24. The van der Waals surface area contributed by atoms with Gasteiger partial charge in [0.15, 0.2) is 0 Å². The van der Waals surface area contributed by atoms with Gasteiger partial charge in [-0.15, -0.1) is 0 Å². The number of nitrogens with zero attached hydrogens (tertiary/aromatic N) is 4. The fraction of sp³-hybridized carbons (Fsp3) is 0.235. The third-order valence-electron chi connectivity index (χ3n) is 4.06. The Morgan fingerprint density at radius 1 is 1.26 bits per heavy atom. The van der Waals surface area contributed by atoms with Gasteiger partial charge in [0.2, 0.25) is 11.9 Å². The second-order valence-electron chi connectivity index (χ2n) is 5.98. The first-order valence-electron chi connectivity index (χ1n) is 8.22. The number of H-pyrrole nitrogens is 1. The van der Waals surface area contributed by atoms with Crippen molar-refractivity contribution in [3.8, 4) is 0 Å². The number of rotatable bonds is 4. The van der Waals surface area contributed by atoms with Crippen molar-refractivity contribution < 1.29 is 9.53 Å². The second kappa shape index (κ2) is 6.84. The molecule has 1 amide bonds. The van der Waals surface area contributed by atoms with Gasteiger partial charge in [0, 0.05) is 28.0 Å². The predicted molar refractivity (Wildman–Crippen MR) is 100 cm³/mol. The van der Waals surface area contributed by atoms with Crippen LogP contribution in [-0.2, 0) is 11.3 Å². The summed E-state index contributed by atoms with van der Waals surface area (Å²) in [6, 6.07) is 7.02. The summed E-state index contributed by atoms with van der Waals surface area (Å²) >= 11 is 6.02. The van der Waals surface area contributed by atoms with Crippen molar-refractivity contribution in [2.45, 2.75) is 13.5 Å². The zero-order chi connectivity index (χ0) is 19.0. The molecular formula is C17H15ClN6O3. The number of aromatic amines is 1. The summed E-state index contributed by atoms with van der Waals surface area (Å²) in [7, 11) is 0. The van der Waals surface area contributed by atoms with Gasteiger partial charge in [-0.05, 0) is 31.2 Å². The Bertz CT molecular complexity index is 1100. The summed E-state index contributed by atoms with van der Waals surface area (Å²) in [5.74, 6) is 0.927. The van der Waals surface area contributed by atoms with E-state index in [2.05, 4.69) is 25.3 Å². The van der Waals surface area contributed by atoms with E-state index in [0.717, 1.165) is 5.39 Å². The van der Waals surface area contributed by atoms with Crippen molar-refractivity contribution in [3.05, 3.63) is 51.0 Å². The molecule has 10 heteroatoms. The monoisotopic (exact) mass is 386 g/mol. The lowest BCUT2D eigenvalue weighted by Crippen LogP contribution is -2.26. The molecule has 1 aliphatic rings. The van der Waals surface area contributed by atoms with E-state index in [1.54, 1.807) is 31.2 Å². The SMILES string of the molecule is Cc1nc(NCc2cc3cc(Cl)ccc3[nH]c2=O)nc(N2CCOC2=O)n1. The Balaban J connectivity index is 1.59. The van der Waals surface area contributed by atoms with Gasteiger partial charge in [0.25, 0.3) is 5.56 Å². The van der Waals surface area contributed by atoms with Gasteiger partial charge in [0.1, 0.15) is 12.4 Å². The number of pyridine rings is 1. The Kier molecular flexibility index (Phi) is 4.36. The highest BCUT2D eigenvalue weighted by Gasteiger charge is 2.26. The lowest BCUT2D eigenvalue weighted by molar-refractivity contribution is 0.181. The molecule has 138 valence electrons. The number of hydrogen-bond acceptors (Lipinski definition) is 7. The Morgan fingerprint density at radius 2 is 2.11 bits per heavy atom. The summed E-state index contributed by atoms with van der Waals surface area (Å²) in [4.78, 5) is 40.8. The molecule has 9 nitrogen and oxygen atoms in total. The fourth-order valence-electron chi connectivity index (χ4n) is 2.77. The van der Waals surface area contributed by atoms with E-state index in [9.17, 15) is 9.59 Å². The zero-order valence-corrected chi connectivity index (χ0v) is 15.1. The minimum Gasteiger partial charge on any atom is -0.447 e. The highest BCUT2D eigenvalue weighted by atomic mass is 35.5. The fourth-order valence-corrected chi connectivity index (χ4v) is 2.95. The molecule has 2 aromatic heterocycles. The van der Waals surface area contributed by atoms with E-state index in [-0.39, 0.29) is 24.0 Å². The third kappa shape index (κ3) is 3.54. The van der Waals surface area contributed by atoms with Crippen LogP contribution in [0.4, 0.5) is 16.7 Å². The molecule has 3 aromatic rings. The summed E-state index contributed by atoms with van der Waals surface area (Å²) in [6.45, 7) is 2.57. The first kappa shape index (κ1) is 17.2. The van der Waals surface area contributed by atoms with Gasteiger partial charge in [-0.2, -0.15) is 15.0 Å². The molecule has 27 heavy (non-hydrogen) atoms. The normalized spacial score (nSPS) is 13.9. The topological polar surface area (TPSA) is 113 Å². The second-order valence-corrected chi connectivity index (χ2v) is 6.42. The summed E-state index contributed by atoms with van der Waals surface area (Å²) < 4.78 is 4.91. The molecule has 0 atom stereocenters. The maximum atomic E-state index is 12.3. The first-order valence-corrected chi connectivity index (χ1v) is 8.60. The molecule has 0 radical (unpaired) electrons. The quantitative estimate of drug-likeness (QED) is 0.706. The molecule has 1 saturated heterocycles. The van der Waals surface area contributed by atoms with E-state index >= 15 is 0 Å². The Labute approximate surface area is 158 Å². The standard InChI is InChI=1S/C17H15ClN6O3/c1-9-20-15(23-16(21-9)24-4-5-27-17(24)26)19-8-11-6-10-7-12(18)2-3-13(10)22-14(11)25/h2-3,6-7H,4-5,8H2,1H3,(H,22,25)(H,19,20,21,23). The van der Waals surface area contributed by atoms with Crippen LogP contribution in [0.3, 0.4) is 0 Å². The number of carbonyl (C=O) groups is 1. The summed E-state index contributed by atoms with van der Waals surface area (Å²) in [5, 5.41) is 4.42.